The number of anilines is 1. The molecular weight excluding hydrogens is 402 g/mol. The molecule has 4 heterocycles. The van der Waals surface area contributed by atoms with E-state index in [1.54, 1.807) is 17.1 Å². The minimum absolute atomic E-state index is 0.0131. The Morgan fingerprint density at radius 1 is 1.24 bits per heavy atom. The molecule has 0 bridgehead atoms. The molecule has 0 saturated heterocycles. The van der Waals surface area contributed by atoms with Crippen LogP contribution in [0.25, 0.3) is 22.3 Å². The lowest BCUT2D eigenvalue weighted by molar-refractivity contribution is -0.00528. The topological polar surface area (TPSA) is 185 Å². The van der Waals surface area contributed by atoms with Crippen LogP contribution in [0.3, 0.4) is 0 Å². The van der Waals surface area contributed by atoms with Crippen molar-refractivity contribution in [3.05, 3.63) is 34.5 Å². The van der Waals surface area contributed by atoms with Crippen molar-refractivity contribution in [2.24, 2.45) is 11.8 Å². The van der Waals surface area contributed by atoms with Gasteiger partial charge in [-0.15, -0.1) is 0 Å². The molecule has 0 aromatic carbocycles. The lowest BCUT2D eigenvalue weighted by Crippen LogP contribution is -2.42. The molecule has 1 saturated carbocycles. The minimum Gasteiger partial charge on any atom is -0.396 e. The number of aliphatic hydroxyl groups is 2. The largest absolute Gasteiger partial charge is 0.396 e. The lowest BCUT2D eigenvalue weighted by Gasteiger charge is -2.43. The molecule has 0 unspecified atom stereocenters. The molecule has 0 radical (unpaired) electrons. The number of nitrogens with two attached hydrogens (primary N) is 1. The molecule has 4 aromatic rings. The van der Waals surface area contributed by atoms with Crippen molar-refractivity contribution in [3.8, 4) is 0 Å². The summed E-state index contributed by atoms with van der Waals surface area (Å²) in [5.41, 5.74) is 7.21. The number of aliphatic hydroxyl groups excluding tert-OH is 2. The maximum absolute atomic E-state index is 11.7. The van der Waals surface area contributed by atoms with Gasteiger partial charge in [-0.05, 0) is 23.9 Å². The van der Waals surface area contributed by atoms with Crippen LogP contribution in [0.2, 0.25) is 5.28 Å². The van der Waals surface area contributed by atoms with Gasteiger partial charge in [0.1, 0.15) is 5.52 Å². The van der Waals surface area contributed by atoms with Gasteiger partial charge in [-0.25, -0.2) is 15.0 Å². The summed E-state index contributed by atoms with van der Waals surface area (Å²) in [4.78, 5) is 36.6. The molecule has 5 rings (SSSR count). The Labute approximate surface area is 167 Å². The Bertz CT molecular complexity index is 1200. The van der Waals surface area contributed by atoms with Gasteiger partial charge in [0.05, 0.1) is 18.9 Å². The zero-order valence-corrected chi connectivity index (χ0v) is 15.8. The monoisotopic (exact) mass is 419 g/mol. The maximum Gasteiger partial charge on any atom is 0.280 e. The van der Waals surface area contributed by atoms with Crippen molar-refractivity contribution in [1.82, 2.24) is 39.5 Å². The first kappa shape index (κ1) is 19.2. The normalized spacial score (nSPS) is 21.0. The highest BCUT2D eigenvalue weighted by molar-refractivity contribution is 6.28. The molecule has 0 aliphatic heterocycles. The molecule has 3 atom stereocenters. The first-order chi connectivity index (χ1) is 14.0. The van der Waals surface area contributed by atoms with E-state index in [1.807, 2.05) is 0 Å². The number of imidazole rings is 2. The third-order valence-corrected chi connectivity index (χ3v) is 5.23. The Morgan fingerprint density at radius 2 is 2.07 bits per heavy atom. The molecule has 152 valence electrons. The average Bonchev–Trinajstić information content (AvgIpc) is 3.29. The fraction of sp³-hybridized carbons (Fsp3) is 0.375. The SMILES string of the molecule is Clc1ncc2[nH]cnc2n1.Nc1nc2c(ncn2[C@@H]2C[C@H](CO)[C@H]2CO)c(=O)[nH]1. The van der Waals surface area contributed by atoms with Gasteiger partial charge in [0.25, 0.3) is 5.56 Å². The van der Waals surface area contributed by atoms with Gasteiger partial charge >= 0.3 is 0 Å². The van der Waals surface area contributed by atoms with Crippen molar-refractivity contribution < 1.29 is 10.2 Å². The quantitative estimate of drug-likeness (QED) is 0.282. The van der Waals surface area contributed by atoms with Crippen LogP contribution in [0.15, 0.2) is 23.6 Å². The van der Waals surface area contributed by atoms with E-state index in [9.17, 15) is 15.0 Å². The van der Waals surface area contributed by atoms with E-state index in [2.05, 4.69) is 34.9 Å². The van der Waals surface area contributed by atoms with Crippen molar-refractivity contribution >= 4 is 39.9 Å². The van der Waals surface area contributed by atoms with Crippen LogP contribution < -0.4 is 11.3 Å². The van der Waals surface area contributed by atoms with E-state index in [-0.39, 0.29) is 53.4 Å². The Hall–Kier alpha value is -3.09. The lowest BCUT2D eigenvalue weighted by atomic mass is 9.70. The predicted octanol–water partition coefficient (Wildman–Crippen LogP) is -0.130. The summed E-state index contributed by atoms with van der Waals surface area (Å²) in [5.74, 6) is 0.0642. The summed E-state index contributed by atoms with van der Waals surface area (Å²) >= 11 is 5.50. The third kappa shape index (κ3) is 3.52. The number of H-pyrrole nitrogens is 2. The van der Waals surface area contributed by atoms with E-state index in [4.69, 9.17) is 17.3 Å². The molecule has 0 amide bonds. The first-order valence-electron chi connectivity index (χ1n) is 8.77. The average molecular weight is 420 g/mol. The van der Waals surface area contributed by atoms with E-state index >= 15 is 0 Å². The van der Waals surface area contributed by atoms with Crippen molar-refractivity contribution in [1.29, 1.82) is 0 Å². The molecule has 6 N–H and O–H groups in total. The summed E-state index contributed by atoms with van der Waals surface area (Å²) in [6.45, 7) is 0.0265. The van der Waals surface area contributed by atoms with Gasteiger partial charge in [0.15, 0.2) is 16.8 Å². The van der Waals surface area contributed by atoms with Crippen LogP contribution in [0.1, 0.15) is 12.5 Å². The number of rotatable bonds is 3. The number of nitrogens with zero attached hydrogens (tertiary/aromatic N) is 6. The number of hydrogen-bond acceptors (Lipinski definition) is 9. The first-order valence-corrected chi connectivity index (χ1v) is 9.15. The van der Waals surface area contributed by atoms with Gasteiger partial charge in [-0.3, -0.25) is 9.78 Å². The smallest absolute Gasteiger partial charge is 0.280 e. The van der Waals surface area contributed by atoms with Crippen LogP contribution >= 0.6 is 11.6 Å². The van der Waals surface area contributed by atoms with Crippen LogP contribution in [0.4, 0.5) is 5.95 Å². The van der Waals surface area contributed by atoms with Crippen LogP contribution in [0, 0.1) is 11.8 Å². The number of nitrogens with one attached hydrogen (secondary N) is 2. The zero-order valence-electron chi connectivity index (χ0n) is 15.0. The van der Waals surface area contributed by atoms with Gasteiger partial charge in [0.2, 0.25) is 11.2 Å². The number of hydrogen-bond donors (Lipinski definition) is 5. The fourth-order valence-corrected chi connectivity index (χ4v) is 3.61. The molecule has 1 aliphatic rings. The molecule has 1 aliphatic carbocycles. The number of aromatic amines is 2. The van der Waals surface area contributed by atoms with Crippen molar-refractivity contribution in [2.45, 2.75) is 12.5 Å². The molecule has 29 heavy (non-hydrogen) atoms. The van der Waals surface area contributed by atoms with Crippen LogP contribution in [-0.2, 0) is 0 Å². The van der Waals surface area contributed by atoms with Crippen molar-refractivity contribution in [2.75, 3.05) is 18.9 Å². The summed E-state index contributed by atoms with van der Waals surface area (Å²) < 4.78 is 1.76. The van der Waals surface area contributed by atoms with Gasteiger partial charge < -0.3 is 25.5 Å². The molecule has 13 heteroatoms. The second-order valence-electron chi connectivity index (χ2n) is 6.65. The number of aromatic nitrogens is 8. The van der Waals surface area contributed by atoms with Gasteiger partial charge in [-0.2, -0.15) is 9.97 Å². The number of nitrogen functional groups attached to an aromatic ring is 1. The van der Waals surface area contributed by atoms with Gasteiger partial charge in [0, 0.05) is 25.2 Å². The highest BCUT2D eigenvalue weighted by Gasteiger charge is 2.42. The van der Waals surface area contributed by atoms with Crippen LogP contribution in [-0.4, -0.2) is 62.9 Å². The minimum atomic E-state index is -0.375. The number of fused-ring (bicyclic) bond motifs is 2. The molecule has 12 nitrogen and oxygen atoms in total. The van der Waals surface area contributed by atoms with Gasteiger partial charge in [-0.1, -0.05) is 0 Å². The Morgan fingerprint density at radius 3 is 2.83 bits per heavy atom. The standard InChI is InChI=1S/C11H15N5O3.C5H3ClN4/c12-11-14-9-8(10(19)15-11)13-4-16(9)7-1-5(2-17)6(7)3-18;6-5-7-1-3-4(10-5)9-2-8-3/h4-7,17-18H,1-3H2,(H3,12,14,15,19);1-2H,(H,7,8,9,10)/t5-,6-,7-;/m1./s1. The Balaban J connectivity index is 0.000000171. The summed E-state index contributed by atoms with van der Waals surface area (Å²) in [5, 5.41) is 18.8. The van der Waals surface area contributed by atoms with E-state index < -0.39 is 0 Å². The summed E-state index contributed by atoms with van der Waals surface area (Å²) in [6.07, 6.45) is 5.40. The van der Waals surface area contributed by atoms with E-state index in [1.165, 1.54) is 6.33 Å². The highest BCUT2D eigenvalue weighted by atomic mass is 35.5. The third-order valence-electron chi connectivity index (χ3n) is 5.04. The Kier molecular flexibility index (Phi) is 5.13. The van der Waals surface area contributed by atoms with E-state index in [0.29, 0.717) is 11.3 Å². The fourth-order valence-electron chi connectivity index (χ4n) is 3.48. The summed E-state index contributed by atoms with van der Waals surface area (Å²) in [7, 11) is 0. The molecule has 0 spiro atoms. The second-order valence-corrected chi connectivity index (χ2v) is 6.98. The second kappa shape index (κ2) is 7.73. The zero-order chi connectivity index (χ0) is 20.5. The summed E-state index contributed by atoms with van der Waals surface area (Å²) in [6, 6.07) is -0.0131. The predicted molar refractivity (Wildman–Crippen MR) is 104 cm³/mol. The molecule has 1 fully saturated rings. The molecular formula is C16H18ClN9O3. The van der Waals surface area contributed by atoms with Crippen LogP contribution in [0.5, 0.6) is 0 Å². The number of halogens is 1. The highest BCUT2D eigenvalue weighted by Crippen LogP contribution is 2.44. The van der Waals surface area contributed by atoms with E-state index in [0.717, 1.165) is 11.9 Å². The maximum atomic E-state index is 11.7. The molecule has 4 aromatic heterocycles. The van der Waals surface area contributed by atoms with Crippen molar-refractivity contribution in [3.63, 3.8) is 0 Å².